The van der Waals surface area contributed by atoms with Crippen LogP contribution in [0.25, 0.3) is 0 Å². The van der Waals surface area contributed by atoms with Crippen molar-refractivity contribution in [2.75, 3.05) is 0 Å². The second-order valence-electron chi connectivity index (χ2n) is 6.01. The molecule has 1 aliphatic rings. The van der Waals surface area contributed by atoms with Crippen LogP contribution in [0.2, 0.25) is 0 Å². The molecule has 0 amide bonds. The molecule has 6 heteroatoms. The molecule has 0 nitrogen and oxygen atoms in total. The molecule has 23 heavy (non-hydrogen) atoms. The van der Waals surface area contributed by atoms with Crippen LogP contribution in [0, 0.1) is 12.3 Å². The molecule has 0 bridgehead atoms. The number of hydrogen-bond donors (Lipinski definition) is 0. The zero-order chi connectivity index (χ0) is 17.9. The van der Waals surface area contributed by atoms with Gasteiger partial charge in [0.1, 0.15) is 0 Å². The highest BCUT2D eigenvalue weighted by Crippen LogP contribution is 2.36. The van der Waals surface area contributed by atoms with Crippen LogP contribution in [0.5, 0.6) is 0 Å². The van der Waals surface area contributed by atoms with Gasteiger partial charge < -0.3 is 0 Å². The minimum Gasteiger partial charge on any atom is -0.166 e. The van der Waals surface area contributed by atoms with E-state index in [1.807, 2.05) is 0 Å². The third kappa shape index (κ3) is 6.12. The maximum absolute atomic E-state index is 12.2. The summed E-state index contributed by atoms with van der Waals surface area (Å²) in [7, 11) is 0. The Bertz CT molecular complexity index is 585. The predicted octanol–water partition coefficient (Wildman–Crippen LogP) is 6.48. The normalized spacial score (nSPS) is 17.2. The van der Waals surface area contributed by atoms with Crippen LogP contribution in [0.1, 0.15) is 31.4 Å². The second kappa shape index (κ2) is 6.81. The molecule has 0 fully saturated rings. The van der Waals surface area contributed by atoms with Gasteiger partial charge in [0.15, 0.2) is 0 Å². The Morgan fingerprint density at radius 1 is 0.913 bits per heavy atom. The third-order valence-electron chi connectivity index (χ3n) is 3.27. The fraction of sp³-hybridized carbons (Fsp3) is 0.412. The molecular formula is C17H18F6. The van der Waals surface area contributed by atoms with Crippen LogP contribution in [0.15, 0.2) is 48.1 Å². The van der Waals surface area contributed by atoms with Gasteiger partial charge >= 0.3 is 12.4 Å². The minimum absolute atomic E-state index is 0.264. The van der Waals surface area contributed by atoms with E-state index in [1.165, 1.54) is 25.1 Å². The lowest BCUT2D eigenvalue weighted by molar-refractivity contribution is -0.138. The number of benzene rings is 1. The highest BCUT2D eigenvalue weighted by molar-refractivity contribution is 5.30. The Balaban J connectivity index is 0.000000231. The largest absolute Gasteiger partial charge is 0.416 e. The van der Waals surface area contributed by atoms with Gasteiger partial charge in [0.25, 0.3) is 0 Å². The molecule has 0 aromatic heterocycles. The Morgan fingerprint density at radius 3 is 1.83 bits per heavy atom. The van der Waals surface area contributed by atoms with Gasteiger partial charge in [0.05, 0.1) is 11.1 Å². The fourth-order valence-electron chi connectivity index (χ4n) is 2.08. The van der Waals surface area contributed by atoms with Crippen molar-refractivity contribution in [3.05, 3.63) is 59.2 Å². The number of aryl methyl sites for hydroxylation is 1. The molecule has 0 saturated carbocycles. The monoisotopic (exact) mass is 336 g/mol. The van der Waals surface area contributed by atoms with Crippen LogP contribution in [0.3, 0.4) is 0 Å². The molecule has 0 N–H and O–H groups in total. The average Bonchev–Trinajstić information content (AvgIpc) is 2.36. The summed E-state index contributed by atoms with van der Waals surface area (Å²) >= 11 is 0. The molecule has 0 atom stereocenters. The highest BCUT2D eigenvalue weighted by Gasteiger charge is 2.35. The summed E-state index contributed by atoms with van der Waals surface area (Å²) in [5.74, 6) is 0. The Labute approximate surface area is 131 Å². The van der Waals surface area contributed by atoms with E-state index in [0.717, 1.165) is 12.1 Å². The summed E-state index contributed by atoms with van der Waals surface area (Å²) < 4.78 is 72.6. The second-order valence-corrected chi connectivity index (χ2v) is 6.01. The van der Waals surface area contributed by atoms with Crippen molar-refractivity contribution in [1.82, 2.24) is 0 Å². The lowest BCUT2D eigenvalue weighted by atomic mass is 9.83. The summed E-state index contributed by atoms with van der Waals surface area (Å²) in [6.45, 7) is 5.04. The molecule has 2 rings (SSSR count). The van der Waals surface area contributed by atoms with E-state index in [2.05, 4.69) is 0 Å². The van der Waals surface area contributed by atoms with Gasteiger partial charge in [-0.3, -0.25) is 0 Å². The van der Waals surface area contributed by atoms with Crippen LogP contribution in [-0.4, -0.2) is 6.18 Å². The first-order chi connectivity index (χ1) is 10.3. The van der Waals surface area contributed by atoms with Gasteiger partial charge in [-0.25, -0.2) is 0 Å². The highest BCUT2D eigenvalue weighted by atomic mass is 19.4. The zero-order valence-corrected chi connectivity index (χ0v) is 13.0. The molecule has 0 radical (unpaired) electrons. The Kier molecular flexibility index (Phi) is 5.72. The first-order valence-electron chi connectivity index (χ1n) is 6.92. The first kappa shape index (κ1) is 19.3. The first-order valence-corrected chi connectivity index (χ1v) is 6.92. The van der Waals surface area contributed by atoms with Crippen LogP contribution in [0.4, 0.5) is 26.3 Å². The molecule has 1 aromatic carbocycles. The molecule has 128 valence electrons. The summed E-state index contributed by atoms with van der Waals surface area (Å²) in [6, 6.07) is 5.50. The smallest absolute Gasteiger partial charge is 0.166 e. The van der Waals surface area contributed by atoms with Crippen molar-refractivity contribution in [2.24, 2.45) is 5.41 Å². The van der Waals surface area contributed by atoms with Gasteiger partial charge in [-0.15, -0.1) is 0 Å². The molecule has 0 unspecified atom stereocenters. The van der Waals surface area contributed by atoms with Crippen LogP contribution >= 0.6 is 0 Å². The molecule has 1 aromatic rings. The maximum Gasteiger partial charge on any atom is 0.416 e. The fourth-order valence-corrected chi connectivity index (χ4v) is 2.08. The van der Waals surface area contributed by atoms with Crippen LogP contribution in [-0.2, 0) is 6.18 Å². The van der Waals surface area contributed by atoms with Crippen molar-refractivity contribution < 1.29 is 26.3 Å². The van der Waals surface area contributed by atoms with E-state index in [4.69, 9.17) is 0 Å². The van der Waals surface area contributed by atoms with Crippen LogP contribution < -0.4 is 0 Å². The van der Waals surface area contributed by atoms with E-state index in [-0.39, 0.29) is 11.0 Å². The standard InChI is InChI=1S/C9H11F3.C8H7F3/c1-8(2)5-3-4-7(6-8)9(10,11)12;1-6-4-2-3-5-7(6)8(9,10)11/h3-4,6H,5H2,1-2H3;2-5H,1H3. The van der Waals surface area contributed by atoms with Gasteiger partial charge in [-0.05, 0) is 30.4 Å². The molecule has 1 aliphatic carbocycles. The quantitative estimate of drug-likeness (QED) is 0.476. The Morgan fingerprint density at radius 2 is 1.48 bits per heavy atom. The third-order valence-corrected chi connectivity index (χ3v) is 3.27. The van der Waals surface area contributed by atoms with Crippen molar-refractivity contribution in [3.8, 4) is 0 Å². The summed E-state index contributed by atoms with van der Waals surface area (Å²) in [6.07, 6.45) is -3.74. The summed E-state index contributed by atoms with van der Waals surface area (Å²) in [5.41, 5.74) is -1.18. The van der Waals surface area contributed by atoms with E-state index in [1.54, 1.807) is 26.0 Å². The van der Waals surface area contributed by atoms with E-state index >= 15 is 0 Å². The number of allylic oxidation sites excluding steroid dienone is 4. The van der Waals surface area contributed by atoms with Gasteiger partial charge in [-0.1, -0.05) is 50.3 Å². The summed E-state index contributed by atoms with van der Waals surface area (Å²) in [4.78, 5) is 0. The Hall–Kier alpha value is -1.72. The predicted molar refractivity (Wildman–Crippen MR) is 77.9 cm³/mol. The van der Waals surface area contributed by atoms with E-state index < -0.39 is 23.5 Å². The lowest BCUT2D eigenvalue weighted by Crippen LogP contribution is -2.18. The van der Waals surface area contributed by atoms with Crippen molar-refractivity contribution in [2.45, 2.75) is 39.5 Å². The number of halogens is 6. The molecule has 0 heterocycles. The average molecular weight is 336 g/mol. The zero-order valence-electron chi connectivity index (χ0n) is 13.0. The molecule has 0 saturated heterocycles. The van der Waals surface area contributed by atoms with Crippen molar-refractivity contribution >= 4 is 0 Å². The molecule has 0 spiro atoms. The number of hydrogen-bond acceptors (Lipinski definition) is 0. The van der Waals surface area contributed by atoms with E-state index in [9.17, 15) is 26.3 Å². The molecule has 0 aliphatic heterocycles. The minimum atomic E-state index is -4.22. The lowest BCUT2D eigenvalue weighted by Gasteiger charge is -2.24. The summed E-state index contributed by atoms with van der Waals surface area (Å²) in [5, 5.41) is 0. The number of alkyl halides is 6. The molecular weight excluding hydrogens is 318 g/mol. The maximum atomic E-state index is 12.2. The SMILES string of the molecule is CC1(C)C=C(C(F)(F)F)C=CC1.Cc1ccccc1C(F)(F)F. The van der Waals surface area contributed by atoms with E-state index in [0.29, 0.717) is 6.42 Å². The van der Waals surface area contributed by atoms with Gasteiger partial charge in [0, 0.05) is 0 Å². The van der Waals surface area contributed by atoms with Crippen molar-refractivity contribution in [1.29, 1.82) is 0 Å². The van der Waals surface area contributed by atoms with Crippen molar-refractivity contribution in [3.63, 3.8) is 0 Å². The number of rotatable bonds is 0. The van der Waals surface area contributed by atoms with Gasteiger partial charge in [0.2, 0.25) is 0 Å². The topological polar surface area (TPSA) is 0 Å². The van der Waals surface area contributed by atoms with Gasteiger partial charge in [-0.2, -0.15) is 26.3 Å².